The Kier molecular flexibility index (Phi) is 4.01. The van der Waals surface area contributed by atoms with Crippen molar-refractivity contribution in [2.45, 2.75) is 12.6 Å². The molecule has 0 spiro atoms. The highest BCUT2D eigenvalue weighted by atomic mass is 79.9. The van der Waals surface area contributed by atoms with E-state index in [2.05, 4.69) is 15.9 Å². The van der Waals surface area contributed by atoms with Gasteiger partial charge in [0, 0.05) is 6.07 Å². The largest absolute Gasteiger partial charge is 0.491 e. The minimum absolute atomic E-state index is 0.0255. The number of hydrogen-bond donors (Lipinski definition) is 1. The maximum absolute atomic E-state index is 12.9. The van der Waals surface area contributed by atoms with Crippen LogP contribution in [0, 0.1) is 5.82 Å². The van der Waals surface area contributed by atoms with Gasteiger partial charge in [-0.25, -0.2) is 4.39 Å². The van der Waals surface area contributed by atoms with Crippen LogP contribution < -0.4 is 10.5 Å². The number of nitrogen functional groups attached to an aromatic ring is 1. The van der Waals surface area contributed by atoms with Gasteiger partial charge in [0.25, 0.3) is 0 Å². The number of anilines is 1. The molecule has 0 radical (unpaired) electrons. The quantitative estimate of drug-likeness (QED) is 0.685. The van der Waals surface area contributed by atoms with Crippen LogP contribution in [0.5, 0.6) is 5.75 Å². The first kappa shape index (κ1) is 13.1. The van der Waals surface area contributed by atoms with Gasteiger partial charge in [-0.2, -0.15) is 13.2 Å². The third-order valence-electron chi connectivity index (χ3n) is 1.70. The van der Waals surface area contributed by atoms with E-state index >= 15 is 0 Å². The van der Waals surface area contributed by atoms with E-state index in [0.29, 0.717) is 0 Å². The molecule has 0 aromatic heterocycles. The van der Waals surface area contributed by atoms with E-state index in [-0.39, 0.29) is 15.9 Å². The van der Waals surface area contributed by atoms with Crippen molar-refractivity contribution >= 4 is 21.6 Å². The summed E-state index contributed by atoms with van der Waals surface area (Å²) in [6.45, 7) is -0.550. The van der Waals surface area contributed by atoms with Crippen LogP contribution in [0.1, 0.15) is 6.42 Å². The van der Waals surface area contributed by atoms with Crippen LogP contribution in [0.4, 0.5) is 23.2 Å². The van der Waals surface area contributed by atoms with Crippen molar-refractivity contribution in [2.75, 3.05) is 12.3 Å². The number of nitrogens with two attached hydrogens (primary N) is 1. The molecular formula is C9H8BrF4NO. The first-order valence-corrected chi connectivity index (χ1v) is 5.03. The van der Waals surface area contributed by atoms with Crippen molar-refractivity contribution < 1.29 is 22.3 Å². The molecule has 0 unspecified atom stereocenters. The maximum atomic E-state index is 12.9. The van der Waals surface area contributed by atoms with Crippen LogP contribution in [0.3, 0.4) is 0 Å². The fourth-order valence-electron chi connectivity index (χ4n) is 0.946. The summed E-state index contributed by atoms with van der Waals surface area (Å²) in [5.41, 5.74) is 5.33. The summed E-state index contributed by atoms with van der Waals surface area (Å²) in [4.78, 5) is 0. The summed E-state index contributed by atoms with van der Waals surface area (Å²) < 4.78 is 53.3. The molecule has 0 heterocycles. The smallest absolute Gasteiger partial charge is 0.392 e. The zero-order chi connectivity index (χ0) is 12.3. The molecule has 0 bridgehead atoms. The monoisotopic (exact) mass is 301 g/mol. The normalized spacial score (nSPS) is 11.6. The second kappa shape index (κ2) is 4.90. The molecule has 0 atom stereocenters. The average Bonchev–Trinajstić information content (AvgIpc) is 2.11. The van der Waals surface area contributed by atoms with Crippen LogP contribution in [0.25, 0.3) is 0 Å². The van der Waals surface area contributed by atoms with Crippen LogP contribution in [-0.2, 0) is 0 Å². The fraction of sp³-hybridized carbons (Fsp3) is 0.333. The number of hydrogen-bond acceptors (Lipinski definition) is 2. The lowest BCUT2D eigenvalue weighted by Crippen LogP contribution is -2.13. The molecule has 0 saturated heterocycles. The Morgan fingerprint density at radius 2 is 1.94 bits per heavy atom. The predicted molar refractivity (Wildman–Crippen MR) is 54.7 cm³/mol. The van der Waals surface area contributed by atoms with Gasteiger partial charge in [0.05, 0.1) is 23.2 Å². The molecule has 0 amide bonds. The topological polar surface area (TPSA) is 35.2 Å². The Morgan fingerprint density at radius 1 is 1.31 bits per heavy atom. The highest BCUT2D eigenvalue weighted by molar-refractivity contribution is 9.10. The summed E-state index contributed by atoms with van der Waals surface area (Å²) in [7, 11) is 0. The first-order chi connectivity index (χ1) is 7.29. The molecule has 1 rings (SSSR count). The van der Waals surface area contributed by atoms with Crippen LogP contribution in [0.15, 0.2) is 16.6 Å². The molecule has 2 N–H and O–H groups in total. The third kappa shape index (κ3) is 3.88. The van der Waals surface area contributed by atoms with Crippen molar-refractivity contribution in [3.05, 3.63) is 22.4 Å². The molecule has 0 aliphatic rings. The number of halogens is 5. The van der Waals surface area contributed by atoms with Crippen LogP contribution in [0.2, 0.25) is 0 Å². The molecule has 16 heavy (non-hydrogen) atoms. The second-order valence-corrected chi connectivity index (χ2v) is 3.87. The summed E-state index contributed by atoms with van der Waals surface area (Å²) >= 11 is 2.88. The van der Waals surface area contributed by atoms with Crippen molar-refractivity contribution in [3.63, 3.8) is 0 Å². The molecule has 0 fully saturated rings. The minimum Gasteiger partial charge on any atom is -0.491 e. The van der Waals surface area contributed by atoms with E-state index in [0.717, 1.165) is 6.07 Å². The van der Waals surface area contributed by atoms with E-state index in [4.69, 9.17) is 10.5 Å². The number of ether oxygens (including phenoxy) is 1. The standard InChI is InChI=1S/C9H8BrF4NO/c10-5-3-8(7(15)4-6(5)11)16-2-1-9(12,13)14/h3-4H,1-2,15H2. The van der Waals surface area contributed by atoms with Crippen molar-refractivity contribution in [3.8, 4) is 5.75 Å². The van der Waals surface area contributed by atoms with Gasteiger partial charge in [-0.05, 0) is 22.0 Å². The molecule has 1 aromatic carbocycles. The van der Waals surface area contributed by atoms with E-state index in [1.807, 2.05) is 0 Å². The number of benzene rings is 1. The van der Waals surface area contributed by atoms with Gasteiger partial charge >= 0.3 is 6.18 Å². The second-order valence-electron chi connectivity index (χ2n) is 3.02. The molecule has 0 aliphatic heterocycles. The van der Waals surface area contributed by atoms with Gasteiger partial charge in [0.15, 0.2) is 0 Å². The molecule has 2 nitrogen and oxygen atoms in total. The van der Waals surface area contributed by atoms with Gasteiger partial charge < -0.3 is 10.5 Å². The lowest BCUT2D eigenvalue weighted by molar-refractivity contribution is -0.139. The first-order valence-electron chi connectivity index (χ1n) is 4.23. The summed E-state index contributed by atoms with van der Waals surface area (Å²) in [5.74, 6) is -0.571. The zero-order valence-electron chi connectivity index (χ0n) is 7.94. The van der Waals surface area contributed by atoms with Gasteiger partial charge in [0.2, 0.25) is 0 Å². The Bertz CT molecular complexity index is 381. The van der Waals surface area contributed by atoms with Crippen molar-refractivity contribution in [1.29, 1.82) is 0 Å². The van der Waals surface area contributed by atoms with E-state index in [1.54, 1.807) is 0 Å². The minimum atomic E-state index is -4.29. The molecule has 90 valence electrons. The molecule has 0 saturated carbocycles. The number of alkyl halides is 3. The Morgan fingerprint density at radius 3 is 2.50 bits per heavy atom. The van der Waals surface area contributed by atoms with Crippen LogP contribution >= 0.6 is 15.9 Å². The fourth-order valence-corrected chi connectivity index (χ4v) is 1.27. The lowest BCUT2D eigenvalue weighted by Gasteiger charge is -2.11. The van der Waals surface area contributed by atoms with Gasteiger partial charge in [0.1, 0.15) is 11.6 Å². The third-order valence-corrected chi connectivity index (χ3v) is 2.30. The molecule has 7 heteroatoms. The van der Waals surface area contributed by atoms with Crippen LogP contribution in [-0.4, -0.2) is 12.8 Å². The summed E-state index contributed by atoms with van der Waals surface area (Å²) in [6, 6.07) is 2.17. The molecular weight excluding hydrogens is 294 g/mol. The average molecular weight is 302 g/mol. The SMILES string of the molecule is Nc1cc(F)c(Br)cc1OCCC(F)(F)F. The maximum Gasteiger partial charge on any atom is 0.392 e. The van der Waals surface area contributed by atoms with E-state index in [1.165, 1.54) is 6.07 Å². The molecule has 1 aromatic rings. The van der Waals surface area contributed by atoms with Gasteiger partial charge in [-0.3, -0.25) is 0 Å². The van der Waals surface area contributed by atoms with Gasteiger partial charge in [-0.15, -0.1) is 0 Å². The van der Waals surface area contributed by atoms with E-state index in [9.17, 15) is 17.6 Å². The number of rotatable bonds is 3. The van der Waals surface area contributed by atoms with Crippen molar-refractivity contribution in [2.24, 2.45) is 0 Å². The highest BCUT2D eigenvalue weighted by Gasteiger charge is 2.27. The highest BCUT2D eigenvalue weighted by Crippen LogP contribution is 2.29. The summed E-state index contributed by atoms with van der Waals surface area (Å²) in [6.07, 6.45) is -5.37. The Balaban J connectivity index is 2.64. The lowest BCUT2D eigenvalue weighted by atomic mass is 10.3. The zero-order valence-corrected chi connectivity index (χ0v) is 9.53. The van der Waals surface area contributed by atoms with E-state index < -0.39 is 25.0 Å². The van der Waals surface area contributed by atoms with Gasteiger partial charge in [-0.1, -0.05) is 0 Å². The summed E-state index contributed by atoms with van der Waals surface area (Å²) in [5, 5.41) is 0. The Hall–Kier alpha value is -0.980. The molecule has 0 aliphatic carbocycles. The van der Waals surface area contributed by atoms with Crippen molar-refractivity contribution in [1.82, 2.24) is 0 Å². The Labute approximate surface area is 97.5 Å². The predicted octanol–water partition coefficient (Wildman–Crippen LogP) is 3.50.